The number of hydrogen-bond acceptors (Lipinski definition) is 5. The molecule has 1 spiro atoms. The highest BCUT2D eigenvalue weighted by Crippen LogP contribution is 2.34. The third-order valence-electron chi connectivity index (χ3n) is 5.03. The fourth-order valence-corrected chi connectivity index (χ4v) is 3.64. The van der Waals surface area contributed by atoms with E-state index >= 15 is 0 Å². The summed E-state index contributed by atoms with van der Waals surface area (Å²) < 4.78 is 17.2. The number of pyridine rings is 1. The largest absolute Gasteiger partial charge is 0.482 e. The first-order chi connectivity index (χ1) is 12.1. The van der Waals surface area contributed by atoms with Crippen LogP contribution in [0, 0.1) is 6.92 Å². The second-order valence-corrected chi connectivity index (χ2v) is 6.94. The normalized spacial score (nSPS) is 22.6. The number of carbonyl (C=O) groups excluding carboxylic acids is 1. The molecule has 138 valence electrons. The van der Waals surface area contributed by atoms with E-state index in [0.717, 1.165) is 56.7 Å². The summed E-state index contributed by atoms with van der Waals surface area (Å²) in [5.41, 5.74) is 1.73. The lowest BCUT2D eigenvalue weighted by Gasteiger charge is -2.43. The number of amides is 1. The Kier molecular flexibility index (Phi) is 5.91. The average Bonchev–Trinajstić information content (AvgIpc) is 2.61. The van der Waals surface area contributed by atoms with E-state index in [2.05, 4.69) is 10.3 Å². The molecule has 2 aliphatic rings. The Morgan fingerprint density at radius 1 is 1.36 bits per heavy atom. The van der Waals surface area contributed by atoms with Crippen LogP contribution in [-0.4, -0.2) is 49.0 Å². The molecular formula is C19H28N2O4. The molecule has 0 saturated carbocycles. The first-order valence-electron chi connectivity index (χ1n) is 9.21. The van der Waals surface area contributed by atoms with Crippen LogP contribution in [0.1, 0.15) is 44.0 Å². The summed E-state index contributed by atoms with van der Waals surface area (Å²) in [6.45, 7) is 6.17. The van der Waals surface area contributed by atoms with Gasteiger partial charge in [-0.15, -0.1) is 0 Å². The summed E-state index contributed by atoms with van der Waals surface area (Å²) in [7, 11) is 0. The van der Waals surface area contributed by atoms with Crippen molar-refractivity contribution in [3.05, 3.63) is 23.5 Å². The molecule has 0 unspecified atom stereocenters. The Hall–Kier alpha value is -1.66. The van der Waals surface area contributed by atoms with Gasteiger partial charge in [-0.3, -0.25) is 9.78 Å². The molecule has 6 heteroatoms. The highest BCUT2D eigenvalue weighted by atomic mass is 16.5. The van der Waals surface area contributed by atoms with Gasteiger partial charge in [0, 0.05) is 31.6 Å². The maximum Gasteiger partial charge on any atom is 0.258 e. The molecule has 2 aliphatic heterocycles. The third kappa shape index (κ3) is 4.70. The van der Waals surface area contributed by atoms with Gasteiger partial charge in [0.25, 0.3) is 5.91 Å². The summed E-state index contributed by atoms with van der Waals surface area (Å²) in [5.74, 6) is 0.605. The van der Waals surface area contributed by atoms with E-state index in [1.807, 2.05) is 26.0 Å². The molecule has 2 fully saturated rings. The van der Waals surface area contributed by atoms with Crippen LogP contribution in [0.4, 0.5) is 0 Å². The van der Waals surface area contributed by atoms with Crippen LogP contribution in [0.15, 0.2) is 12.1 Å². The van der Waals surface area contributed by atoms with E-state index in [4.69, 9.17) is 14.2 Å². The predicted octanol–water partition coefficient (Wildman–Crippen LogP) is 2.18. The standard InChI is InChI=1S/C19H28N2O4/c1-3-16-17(5-4-14(2)20-16)24-13-18(22)21-15-6-9-25-19(12-15)7-10-23-11-8-19/h4-5,15H,3,6-13H2,1-2H3,(H,21,22)/t15-/m0/s1. The lowest BCUT2D eigenvalue weighted by atomic mass is 9.84. The van der Waals surface area contributed by atoms with Gasteiger partial charge in [0.05, 0.1) is 11.3 Å². The van der Waals surface area contributed by atoms with E-state index in [-0.39, 0.29) is 24.2 Å². The van der Waals surface area contributed by atoms with Gasteiger partial charge in [0.15, 0.2) is 6.61 Å². The van der Waals surface area contributed by atoms with Gasteiger partial charge < -0.3 is 19.5 Å². The molecule has 3 rings (SSSR count). The zero-order valence-corrected chi connectivity index (χ0v) is 15.2. The molecule has 0 aliphatic carbocycles. The highest BCUT2D eigenvalue weighted by molar-refractivity contribution is 5.77. The van der Waals surface area contributed by atoms with Crippen molar-refractivity contribution >= 4 is 5.91 Å². The third-order valence-corrected chi connectivity index (χ3v) is 5.03. The van der Waals surface area contributed by atoms with Crippen LogP contribution in [0.3, 0.4) is 0 Å². The van der Waals surface area contributed by atoms with Crippen molar-refractivity contribution in [2.24, 2.45) is 0 Å². The smallest absolute Gasteiger partial charge is 0.258 e. The number of aryl methyl sites for hydroxylation is 2. The molecule has 2 saturated heterocycles. The Morgan fingerprint density at radius 3 is 2.92 bits per heavy atom. The van der Waals surface area contributed by atoms with Crippen molar-refractivity contribution in [1.29, 1.82) is 0 Å². The van der Waals surface area contributed by atoms with Crippen molar-refractivity contribution < 1.29 is 19.0 Å². The molecule has 6 nitrogen and oxygen atoms in total. The Balaban J connectivity index is 1.51. The van der Waals surface area contributed by atoms with Crippen molar-refractivity contribution in [3.63, 3.8) is 0 Å². The van der Waals surface area contributed by atoms with Crippen LogP contribution in [0.5, 0.6) is 5.75 Å². The highest BCUT2D eigenvalue weighted by Gasteiger charge is 2.39. The number of carbonyl (C=O) groups is 1. The number of nitrogens with zero attached hydrogens (tertiary/aromatic N) is 1. The topological polar surface area (TPSA) is 69.7 Å². The average molecular weight is 348 g/mol. The van der Waals surface area contributed by atoms with Crippen LogP contribution in [0.25, 0.3) is 0 Å². The minimum atomic E-state index is -0.119. The van der Waals surface area contributed by atoms with Gasteiger partial charge in [0.2, 0.25) is 0 Å². The Morgan fingerprint density at radius 2 is 2.16 bits per heavy atom. The molecule has 1 aromatic rings. The lowest BCUT2D eigenvalue weighted by Crippen LogP contribution is -2.51. The summed E-state index contributed by atoms with van der Waals surface area (Å²) in [4.78, 5) is 16.8. The van der Waals surface area contributed by atoms with E-state index < -0.39 is 0 Å². The summed E-state index contributed by atoms with van der Waals surface area (Å²) >= 11 is 0. The van der Waals surface area contributed by atoms with E-state index in [1.165, 1.54) is 0 Å². The first-order valence-corrected chi connectivity index (χ1v) is 9.21. The zero-order valence-electron chi connectivity index (χ0n) is 15.2. The van der Waals surface area contributed by atoms with Crippen molar-refractivity contribution in [1.82, 2.24) is 10.3 Å². The maximum atomic E-state index is 12.3. The van der Waals surface area contributed by atoms with Crippen LogP contribution in [0.2, 0.25) is 0 Å². The van der Waals surface area contributed by atoms with Crippen LogP contribution < -0.4 is 10.1 Å². The molecule has 1 N–H and O–H groups in total. The monoisotopic (exact) mass is 348 g/mol. The van der Waals surface area contributed by atoms with Gasteiger partial charge in [0.1, 0.15) is 5.75 Å². The number of aromatic nitrogens is 1. The van der Waals surface area contributed by atoms with E-state index in [1.54, 1.807) is 0 Å². The summed E-state index contributed by atoms with van der Waals surface area (Å²) in [5, 5.41) is 3.10. The molecule has 1 atom stereocenters. The van der Waals surface area contributed by atoms with Crippen LogP contribution >= 0.6 is 0 Å². The number of ether oxygens (including phenoxy) is 3. The molecule has 3 heterocycles. The predicted molar refractivity (Wildman–Crippen MR) is 93.7 cm³/mol. The summed E-state index contributed by atoms with van der Waals surface area (Å²) in [6, 6.07) is 3.93. The Labute approximate surface area is 149 Å². The SMILES string of the molecule is CCc1nc(C)ccc1OCC(=O)N[C@H]1CCOC2(CCOCC2)C1. The number of hydrogen-bond donors (Lipinski definition) is 1. The van der Waals surface area contributed by atoms with Crippen molar-refractivity contribution in [3.8, 4) is 5.75 Å². The lowest BCUT2D eigenvalue weighted by molar-refractivity contribution is -0.144. The zero-order chi connectivity index (χ0) is 17.7. The molecular weight excluding hydrogens is 320 g/mol. The summed E-state index contributed by atoms with van der Waals surface area (Å²) in [6.07, 6.45) is 4.30. The number of rotatable bonds is 5. The quantitative estimate of drug-likeness (QED) is 0.883. The first kappa shape index (κ1) is 18.1. The van der Waals surface area contributed by atoms with Crippen LogP contribution in [-0.2, 0) is 20.7 Å². The molecule has 0 radical (unpaired) electrons. The molecule has 1 amide bonds. The fraction of sp³-hybridized carbons (Fsp3) is 0.684. The van der Waals surface area contributed by atoms with Gasteiger partial charge in [-0.25, -0.2) is 0 Å². The number of nitrogens with one attached hydrogen (secondary N) is 1. The van der Waals surface area contributed by atoms with Crippen molar-refractivity contribution in [2.75, 3.05) is 26.4 Å². The van der Waals surface area contributed by atoms with Gasteiger partial charge in [-0.2, -0.15) is 0 Å². The fourth-order valence-electron chi connectivity index (χ4n) is 3.64. The van der Waals surface area contributed by atoms with E-state index in [9.17, 15) is 4.79 Å². The van der Waals surface area contributed by atoms with Crippen molar-refractivity contribution in [2.45, 2.75) is 57.6 Å². The van der Waals surface area contributed by atoms with Gasteiger partial charge in [-0.05, 0) is 51.2 Å². The Bertz CT molecular complexity index is 594. The van der Waals surface area contributed by atoms with E-state index in [0.29, 0.717) is 12.4 Å². The molecule has 25 heavy (non-hydrogen) atoms. The van der Waals surface area contributed by atoms with Gasteiger partial charge in [-0.1, -0.05) is 6.92 Å². The molecule has 0 bridgehead atoms. The molecule has 0 aromatic carbocycles. The minimum absolute atomic E-state index is 0.0191. The second kappa shape index (κ2) is 8.15. The van der Waals surface area contributed by atoms with Gasteiger partial charge >= 0.3 is 0 Å². The molecule has 1 aromatic heterocycles. The maximum absolute atomic E-state index is 12.3. The second-order valence-electron chi connectivity index (χ2n) is 6.94. The minimum Gasteiger partial charge on any atom is -0.482 e.